The van der Waals surface area contributed by atoms with Gasteiger partial charge < -0.3 is 10.6 Å². The Bertz CT molecular complexity index is 349. The van der Waals surface area contributed by atoms with Gasteiger partial charge in [0.2, 0.25) is 0 Å². The molecule has 0 aliphatic rings. The van der Waals surface area contributed by atoms with Gasteiger partial charge in [-0.05, 0) is 13.2 Å². The van der Waals surface area contributed by atoms with E-state index in [2.05, 4.69) is 33.8 Å². The van der Waals surface area contributed by atoms with Crippen LogP contribution in [0.15, 0.2) is 11.2 Å². The van der Waals surface area contributed by atoms with Crippen molar-refractivity contribution in [1.29, 1.82) is 0 Å². The van der Waals surface area contributed by atoms with E-state index in [0.717, 1.165) is 31.2 Å². The summed E-state index contributed by atoms with van der Waals surface area (Å²) >= 11 is 3.58. The zero-order chi connectivity index (χ0) is 12.5. The second-order valence-corrected chi connectivity index (χ2v) is 5.84. The Labute approximate surface area is 111 Å². The van der Waals surface area contributed by atoms with Crippen LogP contribution in [-0.4, -0.2) is 43.1 Å². The fourth-order valence-electron chi connectivity index (χ4n) is 1.30. The number of aryl methyl sites for hydroxylation is 1. The number of rotatable bonds is 6. The van der Waals surface area contributed by atoms with Gasteiger partial charge in [-0.1, -0.05) is 0 Å². The van der Waals surface area contributed by atoms with E-state index in [1.807, 2.05) is 18.0 Å². The summed E-state index contributed by atoms with van der Waals surface area (Å²) in [5.41, 5.74) is 0. The van der Waals surface area contributed by atoms with Gasteiger partial charge in [0.1, 0.15) is 0 Å². The lowest BCUT2D eigenvalue weighted by Gasteiger charge is -2.10. The van der Waals surface area contributed by atoms with Crippen molar-refractivity contribution < 1.29 is 0 Å². The molecular formula is C11H20N4S2. The van der Waals surface area contributed by atoms with E-state index in [-0.39, 0.29) is 0 Å². The third-order valence-electron chi connectivity index (χ3n) is 2.12. The van der Waals surface area contributed by atoms with E-state index in [1.165, 1.54) is 9.88 Å². The van der Waals surface area contributed by atoms with Crippen molar-refractivity contribution in [3.63, 3.8) is 0 Å². The van der Waals surface area contributed by atoms with Gasteiger partial charge >= 0.3 is 0 Å². The molecule has 0 unspecified atom stereocenters. The van der Waals surface area contributed by atoms with Crippen molar-refractivity contribution in [1.82, 2.24) is 15.6 Å². The first kappa shape index (κ1) is 14.3. The van der Waals surface area contributed by atoms with E-state index in [4.69, 9.17) is 0 Å². The molecule has 0 atom stereocenters. The summed E-state index contributed by atoms with van der Waals surface area (Å²) in [7, 11) is 1.79. The summed E-state index contributed by atoms with van der Waals surface area (Å²) in [5.74, 6) is 1.96. The molecule has 0 amide bonds. The molecule has 0 saturated carbocycles. The second-order valence-electron chi connectivity index (χ2n) is 3.53. The number of thioether (sulfide) groups is 1. The standard InChI is InChI=1S/C11H20N4S2/c1-9-8-15-10(17-9)4-5-13-11(12-2)14-6-7-16-3/h8H,4-7H2,1-3H3,(H2,12,13,14). The molecule has 96 valence electrons. The Hall–Kier alpha value is -0.750. The third kappa shape index (κ3) is 5.93. The first-order valence-electron chi connectivity index (χ1n) is 5.61. The predicted molar refractivity (Wildman–Crippen MR) is 78.3 cm³/mol. The van der Waals surface area contributed by atoms with Crippen LogP contribution in [0.1, 0.15) is 9.88 Å². The van der Waals surface area contributed by atoms with Crippen LogP contribution in [0.5, 0.6) is 0 Å². The molecule has 6 heteroatoms. The van der Waals surface area contributed by atoms with Crippen molar-refractivity contribution in [2.45, 2.75) is 13.3 Å². The molecule has 0 bridgehead atoms. The molecule has 0 aliphatic heterocycles. The fourth-order valence-corrected chi connectivity index (χ4v) is 2.39. The number of hydrogen-bond acceptors (Lipinski definition) is 4. The summed E-state index contributed by atoms with van der Waals surface area (Å²) in [6.45, 7) is 3.89. The SMILES string of the molecule is CN=C(NCCSC)NCCc1ncc(C)s1. The van der Waals surface area contributed by atoms with E-state index >= 15 is 0 Å². The molecule has 1 aromatic heterocycles. The van der Waals surface area contributed by atoms with Gasteiger partial charge in [-0.15, -0.1) is 11.3 Å². The molecule has 0 aliphatic carbocycles. The van der Waals surface area contributed by atoms with Crippen LogP contribution in [-0.2, 0) is 6.42 Å². The van der Waals surface area contributed by atoms with E-state index in [1.54, 1.807) is 18.4 Å². The highest BCUT2D eigenvalue weighted by Crippen LogP contribution is 2.10. The minimum atomic E-state index is 0.867. The maximum absolute atomic E-state index is 4.33. The van der Waals surface area contributed by atoms with Gasteiger partial charge in [-0.2, -0.15) is 11.8 Å². The van der Waals surface area contributed by atoms with Gasteiger partial charge in [-0.25, -0.2) is 4.98 Å². The lowest BCUT2D eigenvalue weighted by Crippen LogP contribution is -2.39. The molecule has 2 N–H and O–H groups in total. The summed E-state index contributed by atoms with van der Waals surface area (Å²) < 4.78 is 0. The predicted octanol–water partition coefficient (Wildman–Crippen LogP) is 1.52. The number of nitrogens with zero attached hydrogens (tertiary/aromatic N) is 2. The average Bonchev–Trinajstić information content (AvgIpc) is 2.73. The summed E-state index contributed by atoms with van der Waals surface area (Å²) in [6.07, 6.45) is 4.97. The van der Waals surface area contributed by atoms with Crippen LogP contribution in [0.2, 0.25) is 0 Å². The van der Waals surface area contributed by atoms with Gasteiger partial charge in [0.05, 0.1) is 5.01 Å². The number of guanidine groups is 1. The van der Waals surface area contributed by atoms with Crippen LogP contribution in [0.4, 0.5) is 0 Å². The van der Waals surface area contributed by atoms with Crippen LogP contribution in [0.3, 0.4) is 0 Å². The largest absolute Gasteiger partial charge is 0.356 e. The maximum atomic E-state index is 4.33. The molecule has 1 aromatic rings. The Balaban J connectivity index is 2.19. The van der Waals surface area contributed by atoms with E-state index < -0.39 is 0 Å². The fraction of sp³-hybridized carbons (Fsp3) is 0.636. The molecule has 1 rings (SSSR count). The monoisotopic (exact) mass is 272 g/mol. The molecule has 0 spiro atoms. The van der Waals surface area contributed by atoms with Crippen molar-refractivity contribution in [2.24, 2.45) is 4.99 Å². The number of hydrogen-bond donors (Lipinski definition) is 2. The molecule has 0 aromatic carbocycles. The summed E-state index contributed by atoms with van der Waals surface area (Å²) in [6, 6.07) is 0. The van der Waals surface area contributed by atoms with Crippen molar-refractivity contribution in [2.75, 3.05) is 32.1 Å². The highest BCUT2D eigenvalue weighted by molar-refractivity contribution is 7.98. The second kappa shape index (κ2) is 8.36. The minimum Gasteiger partial charge on any atom is -0.356 e. The molecule has 17 heavy (non-hydrogen) atoms. The molecule has 1 heterocycles. The maximum Gasteiger partial charge on any atom is 0.191 e. The van der Waals surface area contributed by atoms with Crippen molar-refractivity contribution in [3.05, 3.63) is 16.1 Å². The third-order valence-corrected chi connectivity index (χ3v) is 3.71. The Kier molecular flexibility index (Phi) is 7.04. The zero-order valence-electron chi connectivity index (χ0n) is 10.6. The average molecular weight is 272 g/mol. The van der Waals surface area contributed by atoms with Gasteiger partial charge in [0.25, 0.3) is 0 Å². The smallest absolute Gasteiger partial charge is 0.191 e. The Morgan fingerprint density at radius 1 is 1.47 bits per heavy atom. The molecular weight excluding hydrogens is 252 g/mol. The van der Waals surface area contributed by atoms with Crippen LogP contribution in [0.25, 0.3) is 0 Å². The summed E-state index contributed by atoms with van der Waals surface area (Å²) in [4.78, 5) is 9.76. The molecule has 0 saturated heterocycles. The topological polar surface area (TPSA) is 49.3 Å². The first-order valence-corrected chi connectivity index (χ1v) is 7.82. The van der Waals surface area contributed by atoms with Crippen molar-refractivity contribution in [3.8, 4) is 0 Å². The normalized spacial score (nSPS) is 11.6. The highest BCUT2D eigenvalue weighted by Gasteiger charge is 2.00. The number of aliphatic imine (C=N–C) groups is 1. The zero-order valence-corrected chi connectivity index (χ0v) is 12.2. The van der Waals surface area contributed by atoms with E-state index in [9.17, 15) is 0 Å². The molecule has 4 nitrogen and oxygen atoms in total. The van der Waals surface area contributed by atoms with Crippen molar-refractivity contribution >= 4 is 29.1 Å². The van der Waals surface area contributed by atoms with Crippen LogP contribution in [0, 0.1) is 6.92 Å². The number of thiazole rings is 1. The minimum absolute atomic E-state index is 0.867. The summed E-state index contributed by atoms with van der Waals surface area (Å²) in [5, 5.41) is 7.72. The Morgan fingerprint density at radius 2 is 2.24 bits per heavy atom. The first-order chi connectivity index (χ1) is 8.26. The van der Waals surface area contributed by atoms with Gasteiger partial charge in [-0.3, -0.25) is 4.99 Å². The van der Waals surface area contributed by atoms with Crippen LogP contribution < -0.4 is 10.6 Å². The number of nitrogens with one attached hydrogen (secondary N) is 2. The quantitative estimate of drug-likeness (QED) is 0.468. The molecule has 0 fully saturated rings. The highest BCUT2D eigenvalue weighted by atomic mass is 32.2. The van der Waals surface area contributed by atoms with Crippen LogP contribution >= 0.6 is 23.1 Å². The van der Waals surface area contributed by atoms with Gasteiger partial charge in [0.15, 0.2) is 5.96 Å². The Morgan fingerprint density at radius 3 is 2.82 bits per heavy atom. The number of aromatic nitrogens is 1. The lowest BCUT2D eigenvalue weighted by molar-refractivity contribution is 0.808. The van der Waals surface area contributed by atoms with Gasteiger partial charge in [0, 0.05) is 43.4 Å². The molecule has 0 radical (unpaired) electrons. The lowest BCUT2D eigenvalue weighted by atomic mass is 10.4. The van der Waals surface area contributed by atoms with E-state index in [0.29, 0.717) is 0 Å².